The number of nitrogens with one attached hydrogen (secondary N) is 1. The Hall–Kier alpha value is -1.83. The molecule has 88 valence electrons. The van der Waals surface area contributed by atoms with Crippen LogP contribution in [0.4, 0.5) is 0 Å². The van der Waals surface area contributed by atoms with Crippen molar-refractivity contribution in [1.82, 2.24) is 4.98 Å². The van der Waals surface area contributed by atoms with Gasteiger partial charge in [0.1, 0.15) is 6.29 Å². The Morgan fingerprint density at radius 1 is 1.41 bits per heavy atom. The van der Waals surface area contributed by atoms with E-state index in [-0.39, 0.29) is 0 Å². The normalized spacial score (nSPS) is 12.0. The van der Waals surface area contributed by atoms with Crippen molar-refractivity contribution in [2.24, 2.45) is 0 Å². The summed E-state index contributed by atoms with van der Waals surface area (Å²) in [5.74, 6) is 0. The van der Waals surface area contributed by atoms with Crippen LogP contribution in [0.1, 0.15) is 42.6 Å². The van der Waals surface area contributed by atoms with Crippen LogP contribution in [0.2, 0.25) is 0 Å². The zero-order valence-electron chi connectivity index (χ0n) is 10.3. The van der Waals surface area contributed by atoms with Gasteiger partial charge < -0.3 is 4.98 Å². The second-order valence-corrected chi connectivity index (χ2v) is 4.19. The first-order valence-electron chi connectivity index (χ1n) is 6.02. The Kier molecular flexibility index (Phi) is 3.43. The standard InChI is InChI=1S/C15H17NO/c1-3-5-12(4-2)14-9-16-15-8-11(10-17)6-7-13(14)15/h4,6-10,16H,3,5H2,1-2H3/b12-4+. The number of fused-ring (bicyclic) bond motifs is 1. The van der Waals surface area contributed by atoms with Crippen LogP contribution >= 0.6 is 0 Å². The molecule has 1 aromatic carbocycles. The van der Waals surface area contributed by atoms with Gasteiger partial charge in [-0.25, -0.2) is 0 Å². The zero-order chi connectivity index (χ0) is 12.3. The molecule has 0 radical (unpaired) electrons. The molecule has 0 amide bonds. The lowest BCUT2D eigenvalue weighted by Crippen LogP contribution is -1.83. The number of allylic oxidation sites excluding steroid dienone is 2. The Bertz CT molecular complexity index is 563. The maximum Gasteiger partial charge on any atom is 0.150 e. The molecule has 0 atom stereocenters. The molecular formula is C15H17NO. The van der Waals surface area contributed by atoms with Gasteiger partial charge in [0.05, 0.1) is 0 Å². The van der Waals surface area contributed by atoms with Crippen LogP contribution in [-0.2, 0) is 0 Å². The molecule has 0 aliphatic rings. The Balaban J connectivity index is 2.53. The van der Waals surface area contributed by atoms with Crippen LogP contribution < -0.4 is 0 Å². The van der Waals surface area contributed by atoms with E-state index in [0.717, 1.165) is 24.6 Å². The van der Waals surface area contributed by atoms with Crippen LogP contribution in [0.25, 0.3) is 16.5 Å². The van der Waals surface area contributed by atoms with Gasteiger partial charge >= 0.3 is 0 Å². The average molecular weight is 227 g/mol. The number of carbonyl (C=O) groups excluding carboxylic acids is 1. The third kappa shape index (κ3) is 2.16. The van der Waals surface area contributed by atoms with Gasteiger partial charge in [0, 0.05) is 28.2 Å². The smallest absolute Gasteiger partial charge is 0.150 e. The second kappa shape index (κ2) is 5.00. The number of hydrogen-bond acceptors (Lipinski definition) is 1. The van der Waals surface area contributed by atoms with E-state index in [2.05, 4.69) is 24.9 Å². The third-order valence-electron chi connectivity index (χ3n) is 3.06. The lowest BCUT2D eigenvalue weighted by atomic mass is 10.00. The largest absolute Gasteiger partial charge is 0.361 e. The molecule has 0 aliphatic heterocycles. The highest BCUT2D eigenvalue weighted by atomic mass is 16.1. The Morgan fingerprint density at radius 2 is 2.24 bits per heavy atom. The number of H-pyrrole nitrogens is 1. The number of hydrogen-bond donors (Lipinski definition) is 1. The molecule has 0 unspecified atom stereocenters. The molecule has 0 spiro atoms. The Labute approximate surface area is 101 Å². The molecule has 0 bridgehead atoms. The predicted molar refractivity (Wildman–Crippen MR) is 72.2 cm³/mol. The van der Waals surface area contributed by atoms with Gasteiger partial charge in [-0.05, 0) is 25.0 Å². The van der Waals surface area contributed by atoms with Gasteiger partial charge in [0.15, 0.2) is 0 Å². The van der Waals surface area contributed by atoms with Gasteiger partial charge in [-0.2, -0.15) is 0 Å². The fraction of sp³-hybridized carbons (Fsp3) is 0.267. The van der Waals surface area contributed by atoms with E-state index in [1.165, 1.54) is 16.5 Å². The van der Waals surface area contributed by atoms with Crippen LogP contribution in [-0.4, -0.2) is 11.3 Å². The summed E-state index contributed by atoms with van der Waals surface area (Å²) in [6.07, 6.45) is 7.30. The molecule has 2 nitrogen and oxygen atoms in total. The van der Waals surface area contributed by atoms with Crippen molar-refractivity contribution >= 4 is 22.8 Å². The molecule has 1 N–H and O–H groups in total. The summed E-state index contributed by atoms with van der Waals surface area (Å²) in [6, 6.07) is 5.78. The first-order valence-corrected chi connectivity index (χ1v) is 6.02. The topological polar surface area (TPSA) is 32.9 Å². The van der Waals surface area contributed by atoms with Crippen molar-refractivity contribution in [3.8, 4) is 0 Å². The summed E-state index contributed by atoms with van der Waals surface area (Å²) in [6.45, 7) is 4.26. The van der Waals surface area contributed by atoms with E-state index < -0.39 is 0 Å². The summed E-state index contributed by atoms with van der Waals surface area (Å²) in [5, 5.41) is 1.19. The minimum absolute atomic E-state index is 0.711. The summed E-state index contributed by atoms with van der Waals surface area (Å²) in [4.78, 5) is 14.0. The first kappa shape index (κ1) is 11.6. The van der Waals surface area contributed by atoms with Gasteiger partial charge in [0.25, 0.3) is 0 Å². The van der Waals surface area contributed by atoms with Gasteiger partial charge in [-0.3, -0.25) is 4.79 Å². The number of aromatic nitrogens is 1. The van der Waals surface area contributed by atoms with Crippen molar-refractivity contribution in [3.05, 3.63) is 41.6 Å². The fourth-order valence-electron chi connectivity index (χ4n) is 2.19. The van der Waals surface area contributed by atoms with E-state index in [1.54, 1.807) is 0 Å². The molecule has 2 aromatic rings. The molecule has 0 saturated carbocycles. The van der Waals surface area contributed by atoms with E-state index in [4.69, 9.17) is 0 Å². The predicted octanol–water partition coefficient (Wildman–Crippen LogP) is 4.18. The van der Waals surface area contributed by atoms with Gasteiger partial charge in [-0.1, -0.05) is 31.6 Å². The molecule has 2 rings (SSSR count). The number of carbonyl (C=O) groups is 1. The van der Waals surface area contributed by atoms with Crippen LogP contribution in [0, 0.1) is 0 Å². The van der Waals surface area contributed by atoms with Crippen molar-refractivity contribution in [3.63, 3.8) is 0 Å². The molecular weight excluding hydrogens is 210 g/mol. The van der Waals surface area contributed by atoms with Crippen molar-refractivity contribution in [2.75, 3.05) is 0 Å². The summed E-state index contributed by atoms with van der Waals surface area (Å²) in [7, 11) is 0. The molecule has 2 heteroatoms. The zero-order valence-corrected chi connectivity index (χ0v) is 10.3. The SMILES string of the molecule is C/C=C(\CCC)c1c[nH]c2cc(C=O)ccc12. The maximum absolute atomic E-state index is 10.7. The van der Waals surface area contributed by atoms with Crippen molar-refractivity contribution < 1.29 is 4.79 Å². The second-order valence-electron chi connectivity index (χ2n) is 4.19. The highest BCUT2D eigenvalue weighted by molar-refractivity contribution is 5.95. The minimum atomic E-state index is 0.711. The summed E-state index contributed by atoms with van der Waals surface area (Å²) >= 11 is 0. The minimum Gasteiger partial charge on any atom is -0.361 e. The van der Waals surface area contributed by atoms with Gasteiger partial charge in [-0.15, -0.1) is 0 Å². The molecule has 0 aliphatic carbocycles. The molecule has 0 saturated heterocycles. The van der Waals surface area contributed by atoms with Crippen LogP contribution in [0.5, 0.6) is 0 Å². The van der Waals surface area contributed by atoms with Gasteiger partial charge in [0.2, 0.25) is 0 Å². The lowest BCUT2D eigenvalue weighted by Gasteiger charge is -2.03. The van der Waals surface area contributed by atoms with Crippen LogP contribution in [0.15, 0.2) is 30.5 Å². The number of aldehydes is 1. The van der Waals surface area contributed by atoms with Crippen LogP contribution in [0.3, 0.4) is 0 Å². The van der Waals surface area contributed by atoms with Crippen molar-refractivity contribution in [2.45, 2.75) is 26.7 Å². The molecule has 17 heavy (non-hydrogen) atoms. The fourth-order valence-corrected chi connectivity index (χ4v) is 2.19. The summed E-state index contributed by atoms with van der Waals surface area (Å²) < 4.78 is 0. The highest BCUT2D eigenvalue weighted by Gasteiger charge is 2.07. The van der Waals surface area contributed by atoms with E-state index in [1.807, 2.05) is 24.4 Å². The molecule has 1 heterocycles. The van der Waals surface area contributed by atoms with Crippen molar-refractivity contribution in [1.29, 1.82) is 0 Å². The maximum atomic E-state index is 10.7. The molecule has 1 aromatic heterocycles. The van der Waals surface area contributed by atoms with E-state index >= 15 is 0 Å². The summed E-state index contributed by atoms with van der Waals surface area (Å²) in [5.41, 5.74) is 4.35. The Morgan fingerprint density at radius 3 is 2.88 bits per heavy atom. The quantitative estimate of drug-likeness (QED) is 0.781. The first-order chi connectivity index (χ1) is 8.30. The van der Waals surface area contributed by atoms with E-state index in [0.29, 0.717) is 5.56 Å². The third-order valence-corrected chi connectivity index (χ3v) is 3.06. The highest BCUT2D eigenvalue weighted by Crippen LogP contribution is 2.28. The van der Waals surface area contributed by atoms with E-state index in [9.17, 15) is 4.79 Å². The monoisotopic (exact) mass is 227 g/mol. The average Bonchev–Trinajstić information content (AvgIpc) is 2.78. The number of rotatable bonds is 4. The number of aromatic amines is 1. The number of benzene rings is 1. The molecule has 0 fully saturated rings. The lowest BCUT2D eigenvalue weighted by molar-refractivity contribution is 0.112.